The maximum absolute atomic E-state index is 13.4. The first-order valence-electron chi connectivity index (χ1n) is 10.7. The van der Waals surface area contributed by atoms with Crippen LogP contribution in [0.5, 0.6) is 0 Å². The molecule has 1 amide bonds. The molecule has 0 saturated carbocycles. The third-order valence-electron chi connectivity index (χ3n) is 5.50. The predicted molar refractivity (Wildman–Crippen MR) is 118 cm³/mol. The predicted octanol–water partition coefficient (Wildman–Crippen LogP) is -0.384. The number of hydrogen-bond acceptors (Lipinski definition) is 7. The number of fused-ring (bicyclic) bond motifs is 1. The van der Waals surface area contributed by atoms with Crippen LogP contribution in [-0.4, -0.2) is 42.3 Å². The van der Waals surface area contributed by atoms with Gasteiger partial charge in [0.2, 0.25) is 0 Å². The Hall–Kier alpha value is -3.35. The molecule has 2 heterocycles. The first-order valence-corrected chi connectivity index (χ1v) is 10.7. The number of esters is 1. The van der Waals surface area contributed by atoms with Gasteiger partial charge >= 0.3 is 47.8 Å². The monoisotopic (exact) mass is 526 g/mol. The van der Waals surface area contributed by atoms with Crippen LogP contribution in [0.3, 0.4) is 0 Å². The fourth-order valence-corrected chi connectivity index (χ4v) is 3.81. The quantitative estimate of drug-likeness (QED) is 0.328. The number of carboxylic acids is 1. The van der Waals surface area contributed by atoms with E-state index in [1.165, 1.54) is 47.4 Å². The number of hydrogen-bond donors (Lipinski definition) is 1. The topological polar surface area (TPSA) is 129 Å². The van der Waals surface area contributed by atoms with E-state index >= 15 is 0 Å². The van der Waals surface area contributed by atoms with Crippen LogP contribution < -0.4 is 45.1 Å². The summed E-state index contributed by atoms with van der Waals surface area (Å²) >= 11 is 0. The van der Waals surface area contributed by atoms with E-state index < -0.39 is 47.9 Å². The number of halogens is 3. The molecule has 0 spiro atoms. The molecule has 0 bridgehead atoms. The van der Waals surface area contributed by atoms with Crippen LogP contribution >= 0.6 is 0 Å². The molecule has 13 heteroatoms. The Balaban J connectivity index is 0.00000380. The molecule has 188 valence electrons. The first kappa shape index (κ1) is 28.2. The van der Waals surface area contributed by atoms with Gasteiger partial charge in [-0.25, -0.2) is 4.79 Å². The average Bonchev–Trinajstić information content (AvgIpc) is 3.21. The average molecular weight is 526 g/mol. The van der Waals surface area contributed by atoms with Gasteiger partial charge in [0, 0.05) is 28.3 Å². The number of H-pyrrole nitrogens is 1. The number of anilines is 1. The fraction of sp³-hybridized carbons (Fsp3) is 0.250. The van der Waals surface area contributed by atoms with Gasteiger partial charge in [0.1, 0.15) is 6.61 Å². The van der Waals surface area contributed by atoms with E-state index in [0.717, 1.165) is 6.07 Å². The molecule has 4 rings (SSSR count). The Morgan fingerprint density at radius 1 is 1.11 bits per heavy atom. The molecular weight excluding hydrogens is 508 g/mol. The van der Waals surface area contributed by atoms with Crippen LogP contribution in [0.4, 0.5) is 23.7 Å². The van der Waals surface area contributed by atoms with Gasteiger partial charge in [-0.1, -0.05) is 24.3 Å². The molecule has 1 aromatic heterocycles. The van der Waals surface area contributed by atoms with Crippen molar-refractivity contribution in [1.29, 1.82) is 0 Å². The van der Waals surface area contributed by atoms with Crippen molar-refractivity contribution < 1.29 is 71.7 Å². The normalized spacial score (nSPS) is 15.3. The SMILES string of the molecule is O=C([O-])CCC(=O)OCC1CN(c2ccc3cc(-c4ccccc4C(F)(F)F)[nH]c(=O)c3c2)C(=O)O1.[Na+]. The molecule has 1 unspecified atom stereocenters. The van der Waals surface area contributed by atoms with Crippen molar-refractivity contribution in [2.75, 3.05) is 18.1 Å². The van der Waals surface area contributed by atoms with Gasteiger partial charge in [0.15, 0.2) is 6.10 Å². The molecular formula is C24H18F3N2NaO7. The molecule has 0 radical (unpaired) electrons. The van der Waals surface area contributed by atoms with Gasteiger partial charge in [-0.3, -0.25) is 14.5 Å². The number of carboxylic acid groups (broad SMARTS) is 1. The zero-order valence-electron chi connectivity index (χ0n) is 19.5. The molecule has 3 aromatic rings. The number of amides is 1. The summed E-state index contributed by atoms with van der Waals surface area (Å²) in [5.74, 6) is -2.18. The number of aromatic amines is 1. The summed E-state index contributed by atoms with van der Waals surface area (Å²) in [6.45, 7) is -0.294. The number of benzene rings is 2. The molecule has 1 aliphatic rings. The number of carbonyl (C=O) groups excluding carboxylic acids is 3. The summed E-state index contributed by atoms with van der Waals surface area (Å²) in [5.41, 5.74) is -1.41. The number of nitrogens with one attached hydrogen (secondary N) is 1. The number of carbonyl (C=O) groups is 3. The van der Waals surface area contributed by atoms with Crippen molar-refractivity contribution in [3.05, 3.63) is 64.4 Å². The molecule has 2 aromatic carbocycles. The van der Waals surface area contributed by atoms with E-state index in [2.05, 4.69) is 4.98 Å². The van der Waals surface area contributed by atoms with Crippen molar-refractivity contribution in [3.63, 3.8) is 0 Å². The van der Waals surface area contributed by atoms with E-state index in [9.17, 15) is 37.5 Å². The second kappa shape index (κ2) is 11.4. The zero-order valence-corrected chi connectivity index (χ0v) is 21.5. The summed E-state index contributed by atoms with van der Waals surface area (Å²) in [6.07, 6.45) is -7.06. The third-order valence-corrected chi connectivity index (χ3v) is 5.50. The smallest absolute Gasteiger partial charge is 0.550 e. The molecule has 37 heavy (non-hydrogen) atoms. The Morgan fingerprint density at radius 2 is 1.84 bits per heavy atom. The molecule has 0 aliphatic carbocycles. The number of ether oxygens (including phenoxy) is 2. The second-order valence-electron chi connectivity index (χ2n) is 8.00. The maximum Gasteiger partial charge on any atom is 1.00 e. The zero-order chi connectivity index (χ0) is 26.0. The van der Waals surface area contributed by atoms with Gasteiger partial charge in [-0.15, -0.1) is 0 Å². The molecule has 1 fully saturated rings. The van der Waals surface area contributed by atoms with Crippen molar-refractivity contribution >= 4 is 34.5 Å². The van der Waals surface area contributed by atoms with E-state index in [1.807, 2.05) is 0 Å². The molecule has 1 saturated heterocycles. The van der Waals surface area contributed by atoms with Crippen molar-refractivity contribution in [3.8, 4) is 11.3 Å². The van der Waals surface area contributed by atoms with Gasteiger partial charge in [0.05, 0.1) is 18.5 Å². The molecule has 1 N–H and O–H groups in total. The number of aliphatic carboxylic acids is 1. The third kappa shape index (κ3) is 6.51. The second-order valence-corrected chi connectivity index (χ2v) is 8.00. The minimum Gasteiger partial charge on any atom is -0.550 e. The van der Waals surface area contributed by atoms with Gasteiger partial charge < -0.3 is 24.4 Å². The largest absolute Gasteiger partial charge is 1.00 e. The first-order chi connectivity index (χ1) is 17.0. The van der Waals surface area contributed by atoms with E-state index in [-0.39, 0.29) is 65.8 Å². The summed E-state index contributed by atoms with van der Waals surface area (Å²) in [7, 11) is 0. The van der Waals surface area contributed by atoms with E-state index in [0.29, 0.717) is 11.1 Å². The number of aromatic nitrogens is 1. The van der Waals surface area contributed by atoms with Crippen LogP contribution in [0.15, 0.2) is 53.3 Å². The Kier molecular flexibility index (Phi) is 8.67. The van der Waals surface area contributed by atoms with Crippen molar-refractivity contribution in [2.24, 2.45) is 0 Å². The van der Waals surface area contributed by atoms with E-state index in [4.69, 9.17) is 9.47 Å². The number of pyridine rings is 1. The van der Waals surface area contributed by atoms with Crippen LogP contribution in [-0.2, 0) is 25.2 Å². The minimum atomic E-state index is -4.61. The summed E-state index contributed by atoms with van der Waals surface area (Å²) in [6, 6.07) is 10.7. The van der Waals surface area contributed by atoms with Gasteiger partial charge in [-0.05, 0) is 36.1 Å². The molecule has 1 atom stereocenters. The van der Waals surface area contributed by atoms with Crippen LogP contribution in [0.2, 0.25) is 0 Å². The summed E-state index contributed by atoms with van der Waals surface area (Å²) < 4.78 is 50.3. The standard InChI is InChI=1S/C24H19F3N2O7.Na/c25-24(26,27)18-4-2-1-3-16(18)19-9-13-5-6-14(10-17(13)22(33)28-19)29-11-15(36-23(29)34)12-35-21(32)8-7-20(30)31;/h1-6,9-10,15H,7-8,11-12H2,(H,28,33)(H,30,31);/q;+1/p-1. The molecule has 1 aliphatic heterocycles. The Bertz CT molecular complexity index is 1410. The van der Waals surface area contributed by atoms with Crippen LogP contribution in [0.1, 0.15) is 18.4 Å². The van der Waals surface area contributed by atoms with Crippen molar-refractivity contribution in [1.82, 2.24) is 4.98 Å². The van der Waals surface area contributed by atoms with E-state index in [1.54, 1.807) is 0 Å². The van der Waals surface area contributed by atoms with Crippen molar-refractivity contribution in [2.45, 2.75) is 25.1 Å². The number of rotatable bonds is 7. The molecule has 9 nitrogen and oxygen atoms in total. The van der Waals surface area contributed by atoms with Gasteiger partial charge in [-0.2, -0.15) is 13.2 Å². The summed E-state index contributed by atoms with van der Waals surface area (Å²) in [4.78, 5) is 50.7. The van der Waals surface area contributed by atoms with Crippen LogP contribution in [0.25, 0.3) is 22.0 Å². The maximum atomic E-state index is 13.4. The number of alkyl halides is 3. The van der Waals surface area contributed by atoms with Crippen LogP contribution in [0, 0.1) is 0 Å². The number of cyclic esters (lactones) is 1. The van der Waals surface area contributed by atoms with Gasteiger partial charge in [0.25, 0.3) is 5.56 Å². The minimum absolute atomic E-state index is 0. The number of nitrogens with zero attached hydrogens (tertiary/aromatic N) is 1. The summed E-state index contributed by atoms with van der Waals surface area (Å²) in [5, 5.41) is 10.9. The fourth-order valence-electron chi connectivity index (χ4n) is 3.81. The Morgan fingerprint density at radius 3 is 2.54 bits per heavy atom. The Labute approximate surface area is 229 Å².